The van der Waals surface area contributed by atoms with Gasteiger partial charge in [-0.2, -0.15) is 0 Å². The number of rotatable bonds is 6. The Labute approximate surface area is 134 Å². The first-order valence-corrected chi connectivity index (χ1v) is 7.48. The predicted molar refractivity (Wildman–Crippen MR) is 82.8 cm³/mol. The quantitative estimate of drug-likeness (QED) is 0.483. The van der Waals surface area contributed by atoms with Gasteiger partial charge in [0.05, 0.1) is 5.69 Å². The number of ether oxygens (including phenoxy) is 1. The highest BCUT2D eigenvalue weighted by molar-refractivity contribution is 6.32. The van der Waals surface area contributed by atoms with Gasteiger partial charge in [-0.3, -0.25) is 14.6 Å². The second-order valence-corrected chi connectivity index (χ2v) is 5.42. The zero-order chi connectivity index (χ0) is 15.9. The third-order valence-corrected chi connectivity index (χ3v) is 4.04. The molecule has 0 aliphatic carbocycles. The number of anilines is 1. The van der Waals surface area contributed by atoms with Gasteiger partial charge in [0.1, 0.15) is 6.61 Å². The Bertz CT molecular complexity index is 521. The summed E-state index contributed by atoms with van der Waals surface area (Å²) < 4.78 is 4.70. The lowest BCUT2D eigenvalue weighted by Gasteiger charge is -2.37. The number of aromatic nitrogens is 1. The Morgan fingerprint density at radius 2 is 2.27 bits per heavy atom. The van der Waals surface area contributed by atoms with Crippen molar-refractivity contribution in [3.05, 3.63) is 23.5 Å². The number of likely N-dealkylation sites (tertiary alicyclic amines) is 1. The number of pyridine rings is 1. The fourth-order valence-corrected chi connectivity index (χ4v) is 2.89. The Kier molecular flexibility index (Phi) is 5.97. The second-order valence-electron chi connectivity index (χ2n) is 5.06. The number of hydrogen-bond donors (Lipinski definition) is 1. The first kappa shape index (κ1) is 16.5. The first-order valence-electron chi connectivity index (χ1n) is 7.10. The van der Waals surface area contributed by atoms with Gasteiger partial charge in [-0.15, -0.1) is 0 Å². The van der Waals surface area contributed by atoms with Crippen molar-refractivity contribution in [3.63, 3.8) is 0 Å². The van der Waals surface area contributed by atoms with Crippen LogP contribution < -0.4 is 10.6 Å². The van der Waals surface area contributed by atoms with Gasteiger partial charge in [0.2, 0.25) is 0 Å². The highest BCUT2D eigenvalue weighted by atomic mass is 35.5. The molecular weight excluding hydrogens is 308 g/mol. The van der Waals surface area contributed by atoms with Crippen LogP contribution in [-0.4, -0.2) is 54.7 Å². The summed E-state index contributed by atoms with van der Waals surface area (Å²) >= 11 is 6.07. The molecule has 2 N–H and O–H groups in total. The van der Waals surface area contributed by atoms with E-state index < -0.39 is 6.03 Å². The van der Waals surface area contributed by atoms with E-state index in [2.05, 4.69) is 9.88 Å². The van der Waals surface area contributed by atoms with E-state index in [-0.39, 0.29) is 11.2 Å². The molecule has 2 heterocycles. The summed E-state index contributed by atoms with van der Waals surface area (Å²) in [6.45, 7) is 3.12. The van der Waals surface area contributed by atoms with Crippen molar-refractivity contribution in [1.82, 2.24) is 9.88 Å². The number of primary amides is 1. The van der Waals surface area contributed by atoms with Crippen molar-refractivity contribution < 1.29 is 14.3 Å². The van der Waals surface area contributed by atoms with Crippen LogP contribution in [0.15, 0.2) is 18.3 Å². The third kappa shape index (κ3) is 4.08. The van der Waals surface area contributed by atoms with Crippen LogP contribution in [0.3, 0.4) is 0 Å². The Hall–Kier alpha value is -1.86. The molecule has 0 bridgehead atoms. The molecule has 120 valence electrons. The highest BCUT2D eigenvalue weighted by Crippen LogP contribution is 2.28. The molecule has 2 rings (SSSR count). The van der Waals surface area contributed by atoms with Gasteiger partial charge in [-0.05, 0) is 25.0 Å². The fourth-order valence-electron chi connectivity index (χ4n) is 2.68. The van der Waals surface area contributed by atoms with E-state index in [0.29, 0.717) is 25.3 Å². The minimum Gasteiger partial charge on any atom is -0.467 e. The van der Waals surface area contributed by atoms with E-state index in [9.17, 15) is 9.59 Å². The lowest BCUT2D eigenvalue weighted by Crippen LogP contribution is -2.50. The van der Waals surface area contributed by atoms with Gasteiger partial charge in [-0.1, -0.05) is 11.6 Å². The van der Waals surface area contributed by atoms with Crippen LogP contribution in [0, 0.1) is 0 Å². The van der Waals surface area contributed by atoms with E-state index in [0.717, 1.165) is 25.9 Å². The van der Waals surface area contributed by atoms with Crippen molar-refractivity contribution in [3.8, 4) is 0 Å². The number of hydrogen-bond acceptors (Lipinski definition) is 5. The fraction of sp³-hybridized carbons (Fsp3) is 0.500. The average molecular weight is 327 g/mol. The summed E-state index contributed by atoms with van der Waals surface area (Å²) in [4.78, 5) is 29.7. The molecule has 0 atom stereocenters. The van der Waals surface area contributed by atoms with E-state index in [1.54, 1.807) is 18.3 Å². The maximum Gasteiger partial charge on any atom is 0.319 e. The molecular formula is C14H19ClN4O3. The van der Waals surface area contributed by atoms with Crippen LogP contribution in [0.2, 0.25) is 5.15 Å². The maximum atomic E-state index is 11.8. The largest absolute Gasteiger partial charge is 0.467 e. The molecule has 0 unspecified atom stereocenters. The molecule has 0 radical (unpaired) electrons. The molecule has 1 aromatic rings. The van der Waals surface area contributed by atoms with Crippen LogP contribution in [0.4, 0.5) is 10.5 Å². The number of nitrogens with zero attached hydrogens (tertiary/aromatic N) is 3. The van der Waals surface area contributed by atoms with E-state index >= 15 is 0 Å². The van der Waals surface area contributed by atoms with Crippen LogP contribution in [0.5, 0.6) is 0 Å². The van der Waals surface area contributed by atoms with Gasteiger partial charge in [0.25, 0.3) is 6.47 Å². The molecule has 1 aliphatic rings. The van der Waals surface area contributed by atoms with Crippen molar-refractivity contribution in [2.24, 2.45) is 5.73 Å². The van der Waals surface area contributed by atoms with Crippen molar-refractivity contribution >= 4 is 29.8 Å². The summed E-state index contributed by atoms with van der Waals surface area (Å²) in [5.41, 5.74) is 6.07. The third-order valence-electron chi connectivity index (χ3n) is 3.75. The number of piperidine rings is 1. The van der Waals surface area contributed by atoms with Crippen molar-refractivity contribution in [2.45, 2.75) is 18.9 Å². The summed E-state index contributed by atoms with van der Waals surface area (Å²) in [7, 11) is 0. The van der Waals surface area contributed by atoms with Crippen LogP contribution in [0.25, 0.3) is 0 Å². The van der Waals surface area contributed by atoms with Gasteiger partial charge < -0.3 is 10.5 Å². The first-order chi connectivity index (χ1) is 10.6. The molecule has 22 heavy (non-hydrogen) atoms. The van der Waals surface area contributed by atoms with Gasteiger partial charge in [-0.25, -0.2) is 9.78 Å². The highest BCUT2D eigenvalue weighted by Gasteiger charge is 2.29. The maximum absolute atomic E-state index is 11.8. The molecule has 0 saturated carbocycles. The minimum atomic E-state index is -0.530. The smallest absolute Gasteiger partial charge is 0.319 e. The molecule has 0 aromatic carbocycles. The second kappa shape index (κ2) is 7.95. The Morgan fingerprint density at radius 1 is 1.55 bits per heavy atom. The SMILES string of the molecule is NC(=O)N(c1cccnc1Cl)C1CCN(CCOC=O)CC1. The van der Waals surface area contributed by atoms with Crippen molar-refractivity contribution in [2.75, 3.05) is 31.1 Å². The van der Waals surface area contributed by atoms with Crippen molar-refractivity contribution in [1.29, 1.82) is 0 Å². The summed E-state index contributed by atoms with van der Waals surface area (Å²) in [6.07, 6.45) is 3.12. The molecule has 2 amide bonds. The summed E-state index contributed by atoms with van der Waals surface area (Å²) in [6, 6.07) is 2.92. The standard InChI is InChI=1S/C14H19ClN4O3/c15-13-12(2-1-5-17-13)19(14(16)21)11-3-6-18(7-4-11)8-9-22-10-20/h1-2,5,10-11H,3-4,6-9H2,(H2,16,21). The van der Waals surface area contributed by atoms with E-state index in [1.165, 1.54) is 4.90 Å². The molecule has 8 heteroatoms. The number of halogens is 1. The van der Waals surface area contributed by atoms with Gasteiger partial charge in [0.15, 0.2) is 5.15 Å². The van der Waals surface area contributed by atoms with Crippen LogP contribution >= 0.6 is 11.6 Å². The lowest BCUT2D eigenvalue weighted by molar-refractivity contribution is -0.129. The molecule has 1 aliphatic heterocycles. The Morgan fingerprint density at radius 3 is 2.86 bits per heavy atom. The topological polar surface area (TPSA) is 88.8 Å². The number of urea groups is 1. The lowest BCUT2D eigenvalue weighted by atomic mass is 10.0. The average Bonchev–Trinajstić information content (AvgIpc) is 2.51. The zero-order valence-corrected chi connectivity index (χ0v) is 12.9. The number of amides is 2. The van der Waals surface area contributed by atoms with Gasteiger partial charge in [0, 0.05) is 31.9 Å². The zero-order valence-electron chi connectivity index (χ0n) is 12.2. The molecule has 1 aromatic heterocycles. The predicted octanol–water partition coefficient (Wildman–Crippen LogP) is 1.26. The van der Waals surface area contributed by atoms with E-state index in [1.807, 2.05) is 0 Å². The van der Waals surface area contributed by atoms with E-state index in [4.69, 9.17) is 22.1 Å². The number of nitrogens with two attached hydrogens (primary N) is 1. The van der Waals surface area contributed by atoms with Gasteiger partial charge >= 0.3 is 6.03 Å². The molecule has 1 fully saturated rings. The normalized spacial score (nSPS) is 16.2. The minimum absolute atomic E-state index is 0.0116. The number of carbonyl (C=O) groups excluding carboxylic acids is 2. The van der Waals surface area contributed by atoms with Crippen LogP contribution in [0.1, 0.15) is 12.8 Å². The molecule has 7 nitrogen and oxygen atoms in total. The monoisotopic (exact) mass is 326 g/mol. The molecule has 1 saturated heterocycles. The summed E-state index contributed by atoms with van der Waals surface area (Å²) in [5, 5.41) is 0.267. The summed E-state index contributed by atoms with van der Waals surface area (Å²) in [5.74, 6) is 0. The number of carbonyl (C=O) groups is 2. The van der Waals surface area contributed by atoms with Crippen LogP contribution in [-0.2, 0) is 9.53 Å². The molecule has 0 spiro atoms. The Balaban J connectivity index is 1.99.